The molecule has 112 valence electrons. The number of aliphatic hydroxyl groups is 1. The van der Waals surface area contributed by atoms with Crippen LogP contribution in [0.5, 0.6) is 5.75 Å². The number of hydrogen-bond acceptors (Lipinski definition) is 3. The summed E-state index contributed by atoms with van der Waals surface area (Å²) in [6.07, 6.45) is 3.81. The first kappa shape index (κ1) is 14.2. The van der Waals surface area contributed by atoms with E-state index in [4.69, 9.17) is 4.74 Å². The molecule has 0 bridgehead atoms. The number of aromatic nitrogens is 1. The molecule has 1 aromatic carbocycles. The molecule has 1 aliphatic heterocycles. The average molecular weight is 286 g/mol. The smallest absolute Gasteiger partial charge is 0.119 e. The molecule has 1 aromatic heterocycles. The lowest BCUT2D eigenvalue weighted by molar-refractivity contribution is 0.0634. The number of aromatic amines is 1. The highest BCUT2D eigenvalue weighted by atomic mass is 16.5. The Morgan fingerprint density at radius 1 is 1.24 bits per heavy atom. The Balaban J connectivity index is 1.51. The maximum Gasteiger partial charge on any atom is 0.119 e. The van der Waals surface area contributed by atoms with Crippen LogP contribution >= 0.6 is 0 Å². The third-order valence-electron chi connectivity index (χ3n) is 3.98. The first-order valence-corrected chi connectivity index (χ1v) is 7.56. The van der Waals surface area contributed by atoms with Crippen molar-refractivity contribution in [2.24, 2.45) is 0 Å². The van der Waals surface area contributed by atoms with Crippen molar-refractivity contribution in [3.63, 3.8) is 0 Å². The third kappa shape index (κ3) is 3.65. The maximum absolute atomic E-state index is 10.2. The minimum Gasteiger partial charge on any atom is -0.491 e. The summed E-state index contributed by atoms with van der Waals surface area (Å²) >= 11 is 0. The standard InChI is InChI=1S/C17H22N2O2/c20-14(13-21-15-6-2-1-3-7-15)12-19-11-5-9-17(19)16-8-4-10-18-16/h1-4,6-8,10,14,17-18,20H,5,9,11-13H2. The van der Waals surface area contributed by atoms with Gasteiger partial charge in [0.05, 0.1) is 0 Å². The van der Waals surface area contributed by atoms with Crippen LogP contribution in [0.4, 0.5) is 0 Å². The molecule has 2 N–H and O–H groups in total. The van der Waals surface area contributed by atoms with E-state index in [9.17, 15) is 5.11 Å². The van der Waals surface area contributed by atoms with Crippen LogP contribution in [-0.4, -0.2) is 40.8 Å². The third-order valence-corrected chi connectivity index (χ3v) is 3.98. The van der Waals surface area contributed by atoms with Crippen molar-refractivity contribution >= 4 is 0 Å². The first-order chi connectivity index (χ1) is 10.3. The fourth-order valence-electron chi connectivity index (χ4n) is 2.98. The van der Waals surface area contributed by atoms with Crippen molar-refractivity contribution < 1.29 is 9.84 Å². The number of nitrogens with one attached hydrogen (secondary N) is 1. The van der Waals surface area contributed by atoms with Crippen molar-refractivity contribution in [2.45, 2.75) is 25.0 Å². The molecule has 0 radical (unpaired) electrons. The van der Waals surface area contributed by atoms with Crippen LogP contribution in [0.2, 0.25) is 0 Å². The monoisotopic (exact) mass is 286 g/mol. The molecule has 0 saturated carbocycles. The molecule has 3 rings (SSSR count). The van der Waals surface area contributed by atoms with Gasteiger partial charge in [0.2, 0.25) is 0 Å². The summed E-state index contributed by atoms with van der Waals surface area (Å²) in [5, 5.41) is 10.2. The predicted octanol–water partition coefficient (Wildman–Crippen LogP) is 2.59. The first-order valence-electron chi connectivity index (χ1n) is 7.56. The van der Waals surface area contributed by atoms with Gasteiger partial charge in [-0.2, -0.15) is 0 Å². The molecular weight excluding hydrogens is 264 g/mol. The van der Waals surface area contributed by atoms with E-state index in [1.54, 1.807) is 0 Å². The lowest BCUT2D eigenvalue weighted by Crippen LogP contribution is -2.35. The van der Waals surface area contributed by atoms with Crippen LogP contribution in [0.15, 0.2) is 48.7 Å². The zero-order valence-electron chi connectivity index (χ0n) is 12.1. The minimum atomic E-state index is -0.472. The summed E-state index contributed by atoms with van der Waals surface area (Å²) < 4.78 is 5.62. The second-order valence-corrected chi connectivity index (χ2v) is 5.56. The largest absolute Gasteiger partial charge is 0.491 e. The van der Waals surface area contributed by atoms with Crippen molar-refractivity contribution in [3.05, 3.63) is 54.4 Å². The second-order valence-electron chi connectivity index (χ2n) is 5.56. The molecule has 4 nitrogen and oxygen atoms in total. The molecule has 4 heteroatoms. The number of ether oxygens (including phenoxy) is 1. The second kappa shape index (κ2) is 6.78. The Hall–Kier alpha value is -1.78. The Morgan fingerprint density at radius 2 is 2.10 bits per heavy atom. The van der Waals surface area contributed by atoms with E-state index < -0.39 is 6.10 Å². The quantitative estimate of drug-likeness (QED) is 0.858. The topological polar surface area (TPSA) is 48.5 Å². The number of H-pyrrole nitrogens is 1. The highest BCUT2D eigenvalue weighted by Gasteiger charge is 2.28. The zero-order valence-corrected chi connectivity index (χ0v) is 12.1. The summed E-state index contributed by atoms with van der Waals surface area (Å²) in [5.74, 6) is 0.805. The number of β-amino-alcohol motifs (C(OH)–C–C–N with tert-alkyl or cyclic N) is 1. The molecule has 0 amide bonds. The summed E-state index contributed by atoms with van der Waals surface area (Å²) in [7, 11) is 0. The lowest BCUT2D eigenvalue weighted by atomic mass is 10.1. The molecular formula is C17H22N2O2. The van der Waals surface area contributed by atoms with E-state index in [1.807, 2.05) is 42.6 Å². The van der Waals surface area contributed by atoms with Gasteiger partial charge in [0.25, 0.3) is 0 Å². The summed E-state index contributed by atoms with van der Waals surface area (Å²) in [6, 6.07) is 14.2. The van der Waals surface area contributed by atoms with Gasteiger partial charge in [-0.25, -0.2) is 0 Å². The normalized spacial score (nSPS) is 20.5. The molecule has 2 aromatic rings. The van der Waals surface area contributed by atoms with Crippen molar-refractivity contribution in [1.82, 2.24) is 9.88 Å². The van der Waals surface area contributed by atoms with E-state index in [0.29, 0.717) is 19.2 Å². The lowest BCUT2D eigenvalue weighted by Gasteiger charge is -2.26. The predicted molar refractivity (Wildman–Crippen MR) is 82.3 cm³/mol. The molecule has 0 aliphatic carbocycles. The zero-order chi connectivity index (χ0) is 14.5. The Kier molecular flexibility index (Phi) is 4.58. The van der Waals surface area contributed by atoms with Crippen LogP contribution < -0.4 is 4.74 Å². The number of rotatable bonds is 6. The Morgan fingerprint density at radius 3 is 2.86 bits per heavy atom. The Bertz CT molecular complexity index is 527. The summed E-state index contributed by atoms with van der Waals surface area (Å²) in [6.45, 7) is 2.01. The molecule has 1 fully saturated rings. The van der Waals surface area contributed by atoms with Crippen molar-refractivity contribution in [2.75, 3.05) is 19.7 Å². The average Bonchev–Trinajstić information content (AvgIpc) is 3.17. The van der Waals surface area contributed by atoms with Gasteiger partial charge in [0, 0.05) is 24.5 Å². The van der Waals surface area contributed by atoms with Crippen molar-refractivity contribution in [1.29, 1.82) is 0 Å². The van der Waals surface area contributed by atoms with Crippen LogP contribution in [0, 0.1) is 0 Å². The molecule has 0 spiro atoms. The van der Waals surface area contributed by atoms with Gasteiger partial charge in [-0.3, -0.25) is 4.90 Å². The number of aliphatic hydroxyl groups excluding tert-OH is 1. The highest BCUT2D eigenvalue weighted by Crippen LogP contribution is 2.30. The Labute approximate surface area is 125 Å². The molecule has 2 atom stereocenters. The highest BCUT2D eigenvalue weighted by molar-refractivity contribution is 5.20. The number of benzene rings is 1. The molecule has 21 heavy (non-hydrogen) atoms. The van der Waals surface area contributed by atoms with Crippen LogP contribution in [-0.2, 0) is 0 Å². The van der Waals surface area contributed by atoms with Gasteiger partial charge in [-0.1, -0.05) is 18.2 Å². The van der Waals surface area contributed by atoms with Gasteiger partial charge >= 0.3 is 0 Å². The number of nitrogens with zero attached hydrogens (tertiary/aromatic N) is 1. The van der Waals surface area contributed by atoms with E-state index in [-0.39, 0.29) is 0 Å². The van der Waals surface area contributed by atoms with Crippen molar-refractivity contribution in [3.8, 4) is 5.75 Å². The summed E-state index contributed by atoms with van der Waals surface area (Å²) in [5.41, 5.74) is 1.24. The molecule has 1 saturated heterocycles. The summed E-state index contributed by atoms with van der Waals surface area (Å²) in [4.78, 5) is 5.62. The van der Waals surface area contributed by atoms with Crippen LogP contribution in [0.25, 0.3) is 0 Å². The number of hydrogen-bond donors (Lipinski definition) is 2. The van der Waals surface area contributed by atoms with Gasteiger partial charge in [0.1, 0.15) is 18.5 Å². The fraction of sp³-hybridized carbons (Fsp3) is 0.412. The van der Waals surface area contributed by atoms with Gasteiger partial charge in [0.15, 0.2) is 0 Å². The number of para-hydroxylation sites is 1. The van der Waals surface area contributed by atoms with Crippen LogP contribution in [0.1, 0.15) is 24.6 Å². The van der Waals surface area contributed by atoms with Gasteiger partial charge < -0.3 is 14.8 Å². The fourth-order valence-corrected chi connectivity index (χ4v) is 2.98. The molecule has 2 heterocycles. The van der Waals surface area contributed by atoms with Gasteiger partial charge in [-0.15, -0.1) is 0 Å². The van der Waals surface area contributed by atoms with E-state index >= 15 is 0 Å². The molecule has 1 aliphatic rings. The SMILES string of the molecule is OC(COc1ccccc1)CN1CCCC1c1ccc[nH]1. The molecule has 2 unspecified atom stereocenters. The van der Waals surface area contributed by atoms with E-state index in [2.05, 4.69) is 16.0 Å². The minimum absolute atomic E-state index is 0.331. The number of likely N-dealkylation sites (tertiary alicyclic amines) is 1. The maximum atomic E-state index is 10.2. The van der Waals surface area contributed by atoms with E-state index in [0.717, 1.165) is 18.7 Å². The van der Waals surface area contributed by atoms with Gasteiger partial charge in [-0.05, 0) is 43.7 Å². The van der Waals surface area contributed by atoms with Crippen LogP contribution in [0.3, 0.4) is 0 Å². The van der Waals surface area contributed by atoms with E-state index in [1.165, 1.54) is 12.1 Å².